The largest absolute Gasteiger partial charge is 0.484 e. The van der Waals surface area contributed by atoms with Crippen molar-refractivity contribution in [1.82, 2.24) is 10.7 Å². The molecule has 0 saturated carbocycles. The molecule has 0 unspecified atom stereocenters. The number of carbonyl (C=O) groups is 3. The van der Waals surface area contributed by atoms with Crippen LogP contribution in [-0.2, 0) is 14.4 Å². The molecule has 0 spiro atoms. The number of nitrogens with one attached hydrogen (secondary N) is 3. The standard InChI is InChI=1S/C21H23ClN4O4/c1-14(2)11-23-20(28)21(29)26-24-12-15-5-3-8-18(9-15)30-13-19(27)25-17-7-4-6-16(22)10-17/h3-10,12,14H,11,13H2,1-2H3,(H,23,28)(H,25,27)(H,26,29)/b24-12-. The second-order valence-electron chi connectivity index (χ2n) is 6.72. The Labute approximate surface area is 179 Å². The van der Waals surface area contributed by atoms with Crippen molar-refractivity contribution in [2.45, 2.75) is 13.8 Å². The molecule has 8 nitrogen and oxygen atoms in total. The minimum absolute atomic E-state index is 0.195. The Hall–Kier alpha value is -3.39. The second-order valence-corrected chi connectivity index (χ2v) is 7.16. The van der Waals surface area contributed by atoms with Crippen LogP contribution in [0.4, 0.5) is 5.69 Å². The number of hydrogen-bond acceptors (Lipinski definition) is 5. The minimum Gasteiger partial charge on any atom is -0.484 e. The molecule has 0 bridgehead atoms. The summed E-state index contributed by atoms with van der Waals surface area (Å²) in [7, 11) is 0. The third-order valence-electron chi connectivity index (χ3n) is 3.59. The van der Waals surface area contributed by atoms with E-state index in [0.29, 0.717) is 28.6 Å². The number of carbonyl (C=O) groups excluding carboxylic acids is 3. The number of amides is 3. The summed E-state index contributed by atoms with van der Waals surface area (Å²) < 4.78 is 5.47. The van der Waals surface area contributed by atoms with E-state index in [9.17, 15) is 14.4 Å². The van der Waals surface area contributed by atoms with Crippen molar-refractivity contribution < 1.29 is 19.1 Å². The number of rotatable bonds is 8. The maximum Gasteiger partial charge on any atom is 0.329 e. The Morgan fingerprint density at radius 1 is 1.10 bits per heavy atom. The first kappa shape index (κ1) is 22.9. The van der Waals surface area contributed by atoms with Crippen LogP contribution in [0.25, 0.3) is 0 Å². The molecule has 0 aliphatic rings. The van der Waals surface area contributed by atoms with Crippen molar-refractivity contribution >= 4 is 41.2 Å². The van der Waals surface area contributed by atoms with Gasteiger partial charge in [-0.2, -0.15) is 5.10 Å². The molecule has 9 heteroatoms. The number of hydrazone groups is 1. The fourth-order valence-corrected chi connectivity index (χ4v) is 2.38. The highest BCUT2D eigenvalue weighted by molar-refractivity contribution is 6.35. The van der Waals surface area contributed by atoms with Crippen molar-refractivity contribution in [1.29, 1.82) is 0 Å². The highest BCUT2D eigenvalue weighted by Gasteiger charge is 2.12. The van der Waals surface area contributed by atoms with Crippen LogP contribution in [0.3, 0.4) is 0 Å². The van der Waals surface area contributed by atoms with Gasteiger partial charge in [-0.3, -0.25) is 14.4 Å². The molecular weight excluding hydrogens is 408 g/mol. The lowest BCUT2D eigenvalue weighted by atomic mass is 10.2. The number of halogens is 1. The molecule has 0 radical (unpaired) electrons. The SMILES string of the molecule is CC(C)CNC(=O)C(=O)N/N=C\c1cccc(OCC(=O)Nc2cccc(Cl)c2)c1. The quantitative estimate of drug-likeness (QED) is 0.339. The fraction of sp³-hybridized carbons (Fsp3) is 0.238. The van der Waals surface area contributed by atoms with E-state index in [1.54, 1.807) is 48.5 Å². The van der Waals surface area contributed by atoms with Crippen molar-refractivity contribution in [3.63, 3.8) is 0 Å². The van der Waals surface area contributed by atoms with E-state index in [-0.39, 0.29) is 18.4 Å². The van der Waals surface area contributed by atoms with Gasteiger partial charge in [-0.25, -0.2) is 5.43 Å². The molecular formula is C21H23ClN4O4. The summed E-state index contributed by atoms with van der Waals surface area (Å²) in [6, 6.07) is 13.6. The van der Waals surface area contributed by atoms with E-state index in [4.69, 9.17) is 16.3 Å². The van der Waals surface area contributed by atoms with E-state index in [1.807, 2.05) is 13.8 Å². The van der Waals surface area contributed by atoms with E-state index >= 15 is 0 Å². The molecule has 0 heterocycles. The molecule has 3 amide bonds. The lowest BCUT2D eigenvalue weighted by Crippen LogP contribution is -2.39. The van der Waals surface area contributed by atoms with Crippen LogP contribution >= 0.6 is 11.6 Å². The summed E-state index contributed by atoms with van der Waals surface area (Å²) in [5.74, 6) is -1.25. The first-order valence-corrected chi connectivity index (χ1v) is 9.61. The molecule has 0 atom stereocenters. The number of nitrogens with zero attached hydrogens (tertiary/aromatic N) is 1. The maximum absolute atomic E-state index is 12.0. The van der Waals surface area contributed by atoms with E-state index in [2.05, 4.69) is 21.2 Å². The number of anilines is 1. The van der Waals surface area contributed by atoms with Gasteiger partial charge < -0.3 is 15.4 Å². The van der Waals surface area contributed by atoms with Crippen LogP contribution in [0, 0.1) is 5.92 Å². The number of benzene rings is 2. The summed E-state index contributed by atoms with van der Waals surface area (Å²) in [6.45, 7) is 4.05. The van der Waals surface area contributed by atoms with Crippen LogP contribution in [0.1, 0.15) is 19.4 Å². The molecule has 2 aromatic rings. The van der Waals surface area contributed by atoms with E-state index in [1.165, 1.54) is 6.21 Å². The molecule has 3 N–H and O–H groups in total. The normalized spacial score (nSPS) is 10.7. The summed E-state index contributed by atoms with van der Waals surface area (Å²) >= 11 is 5.88. The Balaban J connectivity index is 1.82. The molecule has 0 aliphatic carbocycles. The predicted molar refractivity (Wildman–Crippen MR) is 116 cm³/mol. The second kappa shape index (κ2) is 11.6. The Bertz CT molecular complexity index is 931. The zero-order chi connectivity index (χ0) is 21.9. The highest BCUT2D eigenvalue weighted by Crippen LogP contribution is 2.15. The maximum atomic E-state index is 12.0. The molecule has 0 saturated heterocycles. The Morgan fingerprint density at radius 2 is 1.87 bits per heavy atom. The van der Waals surface area contributed by atoms with Gasteiger partial charge in [-0.15, -0.1) is 0 Å². The van der Waals surface area contributed by atoms with Gasteiger partial charge in [0.25, 0.3) is 5.91 Å². The molecule has 158 valence electrons. The predicted octanol–water partition coefficient (Wildman–Crippen LogP) is 2.58. The zero-order valence-corrected chi connectivity index (χ0v) is 17.4. The topological polar surface area (TPSA) is 109 Å². The fourth-order valence-electron chi connectivity index (χ4n) is 2.19. The van der Waals surface area contributed by atoms with Crippen LogP contribution in [0.2, 0.25) is 5.02 Å². The van der Waals surface area contributed by atoms with Gasteiger partial charge in [0.1, 0.15) is 5.75 Å². The van der Waals surface area contributed by atoms with Crippen molar-refractivity contribution in [3.8, 4) is 5.75 Å². The van der Waals surface area contributed by atoms with E-state index in [0.717, 1.165) is 0 Å². The summed E-state index contributed by atoms with van der Waals surface area (Å²) in [5, 5.41) is 9.46. The van der Waals surface area contributed by atoms with Gasteiger partial charge in [-0.1, -0.05) is 43.6 Å². The van der Waals surface area contributed by atoms with Crippen LogP contribution in [-0.4, -0.2) is 37.1 Å². The molecule has 2 aromatic carbocycles. The van der Waals surface area contributed by atoms with Crippen molar-refractivity contribution in [2.24, 2.45) is 11.0 Å². The van der Waals surface area contributed by atoms with Crippen LogP contribution in [0.5, 0.6) is 5.75 Å². The first-order chi connectivity index (χ1) is 14.3. The summed E-state index contributed by atoms with van der Waals surface area (Å²) in [5.41, 5.74) is 3.35. The van der Waals surface area contributed by atoms with Gasteiger partial charge in [0.05, 0.1) is 6.21 Å². The smallest absolute Gasteiger partial charge is 0.329 e. The van der Waals surface area contributed by atoms with Crippen LogP contribution < -0.4 is 20.8 Å². The lowest BCUT2D eigenvalue weighted by Gasteiger charge is -2.08. The first-order valence-electron chi connectivity index (χ1n) is 9.23. The third kappa shape index (κ3) is 8.32. The molecule has 2 rings (SSSR count). The number of hydrogen-bond donors (Lipinski definition) is 3. The monoisotopic (exact) mass is 430 g/mol. The molecule has 30 heavy (non-hydrogen) atoms. The van der Waals surface area contributed by atoms with Crippen molar-refractivity contribution in [3.05, 3.63) is 59.1 Å². The lowest BCUT2D eigenvalue weighted by molar-refractivity contribution is -0.139. The van der Waals surface area contributed by atoms with Gasteiger partial charge in [0.15, 0.2) is 6.61 Å². The molecule has 0 aromatic heterocycles. The molecule has 0 fully saturated rings. The summed E-state index contributed by atoms with van der Waals surface area (Å²) in [6.07, 6.45) is 1.37. The van der Waals surface area contributed by atoms with Crippen molar-refractivity contribution in [2.75, 3.05) is 18.5 Å². The minimum atomic E-state index is -0.850. The van der Waals surface area contributed by atoms with Gasteiger partial charge >= 0.3 is 11.8 Å². The highest BCUT2D eigenvalue weighted by atomic mass is 35.5. The average molecular weight is 431 g/mol. The van der Waals surface area contributed by atoms with Gasteiger partial charge in [0.2, 0.25) is 0 Å². The Kier molecular flexibility index (Phi) is 8.83. The Morgan fingerprint density at radius 3 is 2.60 bits per heavy atom. The van der Waals surface area contributed by atoms with Gasteiger partial charge in [-0.05, 0) is 41.8 Å². The average Bonchev–Trinajstić information content (AvgIpc) is 2.70. The van der Waals surface area contributed by atoms with Gasteiger partial charge in [0, 0.05) is 17.3 Å². The molecule has 0 aliphatic heterocycles. The summed E-state index contributed by atoms with van der Waals surface area (Å²) in [4.78, 5) is 35.2. The zero-order valence-electron chi connectivity index (χ0n) is 16.6. The third-order valence-corrected chi connectivity index (χ3v) is 3.83. The van der Waals surface area contributed by atoms with E-state index < -0.39 is 11.8 Å². The number of ether oxygens (including phenoxy) is 1. The van der Waals surface area contributed by atoms with Crippen LogP contribution in [0.15, 0.2) is 53.6 Å².